The van der Waals surface area contributed by atoms with E-state index in [2.05, 4.69) is 10.9 Å². The van der Waals surface area contributed by atoms with E-state index in [1.54, 1.807) is 6.92 Å². The molecular weight excluding hydrogens is 218 g/mol. The first-order valence-electron chi connectivity index (χ1n) is 5.74. The minimum atomic E-state index is -0.280. The van der Waals surface area contributed by atoms with Crippen LogP contribution in [0.15, 0.2) is 24.3 Å². The molecule has 0 aromatic heterocycles. The maximum absolute atomic E-state index is 11.5. The highest BCUT2D eigenvalue weighted by Gasteiger charge is 2.30. The van der Waals surface area contributed by atoms with Gasteiger partial charge in [-0.1, -0.05) is 12.1 Å². The van der Waals surface area contributed by atoms with E-state index in [-0.39, 0.29) is 18.1 Å². The molecule has 0 aliphatic carbocycles. The van der Waals surface area contributed by atoms with Crippen LogP contribution in [-0.2, 0) is 9.53 Å². The standard InChI is InChI=1S/C12H17N3O2/c1-2-17-12(16)11-7-10(14-15-11)8-3-5-9(13)6-4-8/h3-6,10-11,14-15H,2,7,13H2,1H3. The lowest BCUT2D eigenvalue weighted by molar-refractivity contribution is -0.145. The SMILES string of the molecule is CCOC(=O)C1CC(c2ccc(N)cc2)NN1. The van der Waals surface area contributed by atoms with E-state index < -0.39 is 0 Å². The molecular formula is C12H17N3O2. The molecule has 1 aliphatic rings. The minimum Gasteiger partial charge on any atom is -0.465 e. The number of benzene rings is 1. The fourth-order valence-corrected chi connectivity index (χ4v) is 1.90. The molecule has 0 radical (unpaired) electrons. The Hall–Kier alpha value is -1.59. The van der Waals surface area contributed by atoms with Gasteiger partial charge in [0, 0.05) is 11.7 Å². The van der Waals surface area contributed by atoms with Crippen molar-refractivity contribution in [2.45, 2.75) is 25.4 Å². The molecule has 5 heteroatoms. The molecule has 2 unspecified atom stereocenters. The Balaban J connectivity index is 1.98. The second kappa shape index (κ2) is 5.16. The Labute approximate surface area is 100 Å². The first-order valence-corrected chi connectivity index (χ1v) is 5.74. The summed E-state index contributed by atoms with van der Waals surface area (Å²) in [5, 5.41) is 0. The van der Waals surface area contributed by atoms with Crippen LogP contribution in [0.2, 0.25) is 0 Å². The number of esters is 1. The van der Waals surface area contributed by atoms with Crippen LogP contribution in [0.4, 0.5) is 5.69 Å². The molecule has 2 rings (SSSR count). The minimum absolute atomic E-state index is 0.116. The molecule has 1 aromatic rings. The first-order chi connectivity index (χ1) is 8.20. The number of hydrogen-bond acceptors (Lipinski definition) is 5. The van der Waals surface area contributed by atoms with Gasteiger partial charge in [0.25, 0.3) is 0 Å². The largest absolute Gasteiger partial charge is 0.465 e. The number of hydrazine groups is 1. The van der Waals surface area contributed by atoms with E-state index in [4.69, 9.17) is 10.5 Å². The van der Waals surface area contributed by atoms with Crippen molar-refractivity contribution in [1.29, 1.82) is 0 Å². The zero-order chi connectivity index (χ0) is 12.3. The van der Waals surface area contributed by atoms with Crippen molar-refractivity contribution < 1.29 is 9.53 Å². The molecule has 0 bridgehead atoms. The lowest BCUT2D eigenvalue weighted by atomic mass is 10.0. The third-order valence-electron chi connectivity index (χ3n) is 2.81. The highest BCUT2D eigenvalue weighted by Crippen LogP contribution is 2.23. The lowest BCUT2D eigenvalue weighted by Gasteiger charge is -2.09. The molecule has 0 amide bonds. The highest BCUT2D eigenvalue weighted by molar-refractivity contribution is 5.76. The van der Waals surface area contributed by atoms with Crippen LogP contribution in [0.25, 0.3) is 0 Å². The Morgan fingerprint density at radius 3 is 2.76 bits per heavy atom. The van der Waals surface area contributed by atoms with Gasteiger partial charge in [-0.2, -0.15) is 0 Å². The molecule has 0 saturated carbocycles. The van der Waals surface area contributed by atoms with Gasteiger partial charge in [-0.05, 0) is 31.0 Å². The molecule has 1 aromatic carbocycles. The monoisotopic (exact) mass is 235 g/mol. The maximum Gasteiger partial charge on any atom is 0.324 e. The van der Waals surface area contributed by atoms with Gasteiger partial charge in [0.15, 0.2) is 0 Å². The van der Waals surface area contributed by atoms with Gasteiger partial charge >= 0.3 is 5.97 Å². The number of nitrogens with one attached hydrogen (secondary N) is 2. The molecule has 92 valence electrons. The van der Waals surface area contributed by atoms with E-state index in [9.17, 15) is 4.79 Å². The van der Waals surface area contributed by atoms with Crippen molar-refractivity contribution in [1.82, 2.24) is 10.9 Å². The van der Waals surface area contributed by atoms with Crippen LogP contribution in [0.5, 0.6) is 0 Å². The van der Waals surface area contributed by atoms with Crippen LogP contribution in [0.3, 0.4) is 0 Å². The number of anilines is 1. The summed E-state index contributed by atoms with van der Waals surface area (Å²) in [5.41, 5.74) is 13.5. The van der Waals surface area contributed by atoms with Crippen LogP contribution in [0.1, 0.15) is 24.9 Å². The smallest absolute Gasteiger partial charge is 0.324 e. The zero-order valence-electron chi connectivity index (χ0n) is 9.77. The summed E-state index contributed by atoms with van der Waals surface area (Å²) < 4.78 is 4.97. The summed E-state index contributed by atoms with van der Waals surface area (Å²) in [6, 6.07) is 7.47. The van der Waals surface area contributed by atoms with E-state index in [1.807, 2.05) is 24.3 Å². The number of rotatable bonds is 3. The van der Waals surface area contributed by atoms with Crippen molar-refractivity contribution in [3.05, 3.63) is 29.8 Å². The summed E-state index contributed by atoms with van der Waals surface area (Å²) in [6.07, 6.45) is 0.683. The van der Waals surface area contributed by atoms with E-state index in [0.29, 0.717) is 13.0 Å². The third kappa shape index (κ3) is 2.75. The summed E-state index contributed by atoms with van der Waals surface area (Å²) in [6.45, 7) is 2.21. The third-order valence-corrected chi connectivity index (χ3v) is 2.81. The predicted molar refractivity (Wildman–Crippen MR) is 64.9 cm³/mol. The fourth-order valence-electron chi connectivity index (χ4n) is 1.90. The van der Waals surface area contributed by atoms with Gasteiger partial charge < -0.3 is 10.5 Å². The molecule has 17 heavy (non-hydrogen) atoms. The number of nitrogens with two attached hydrogens (primary N) is 1. The normalized spacial score (nSPS) is 23.6. The number of carbonyl (C=O) groups excluding carboxylic acids is 1. The van der Waals surface area contributed by atoms with Crippen LogP contribution in [0, 0.1) is 0 Å². The van der Waals surface area contributed by atoms with Gasteiger partial charge in [-0.3, -0.25) is 4.79 Å². The van der Waals surface area contributed by atoms with Crippen molar-refractivity contribution in [3.8, 4) is 0 Å². The summed E-state index contributed by atoms with van der Waals surface area (Å²) >= 11 is 0. The number of carbonyl (C=O) groups is 1. The maximum atomic E-state index is 11.5. The molecule has 1 aliphatic heterocycles. The molecule has 2 atom stereocenters. The van der Waals surface area contributed by atoms with Crippen LogP contribution < -0.4 is 16.6 Å². The highest BCUT2D eigenvalue weighted by atomic mass is 16.5. The average Bonchev–Trinajstić information content (AvgIpc) is 2.80. The predicted octanol–water partition coefficient (Wildman–Crippen LogP) is 0.740. The first kappa shape index (κ1) is 11.9. The molecule has 5 nitrogen and oxygen atoms in total. The number of hydrogen-bond donors (Lipinski definition) is 3. The van der Waals surface area contributed by atoms with Gasteiger partial charge in [-0.25, -0.2) is 10.9 Å². The van der Waals surface area contributed by atoms with Crippen LogP contribution >= 0.6 is 0 Å². The average molecular weight is 235 g/mol. The molecule has 1 saturated heterocycles. The Kier molecular flexibility index (Phi) is 3.61. The molecule has 1 heterocycles. The Morgan fingerprint density at radius 2 is 2.12 bits per heavy atom. The Morgan fingerprint density at radius 1 is 1.41 bits per heavy atom. The topological polar surface area (TPSA) is 76.4 Å². The summed E-state index contributed by atoms with van der Waals surface area (Å²) in [4.78, 5) is 11.5. The summed E-state index contributed by atoms with van der Waals surface area (Å²) in [7, 11) is 0. The quantitative estimate of drug-likeness (QED) is 0.532. The van der Waals surface area contributed by atoms with Gasteiger partial charge in [0.05, 0.1) is 6.61 Å². The zero-order valence-corrected chi connectivity index (χ0v) is 9.77. The van der Waals surface area contributed by atoms with Gasteiger partial charge in [-0.15, -0.1) is 0 Å². The number of nitrogen functional groups attached to an aromatic ring is 1. The molecule has 1 fully saturated rings. The van der Waals surface area contributed by atoms with Gasteiger partial charge in [0.2, 0.25) is 0 Å². The molecule has 4 N–H and O–H groups in total. The van der Waals surface area contributed by atoms with Crippen molar-refractivity contribution >= 4 is 11.7 Å². The second-order valence-corrected chi connectivity index (χ2v) is 4.05. The van der Waals surface area contributed by atoms with Crippen LogP contribution in [-0.4, -0.2) is 18.6 Å². The lowest BCUT2D eigenvalue weighted by Crippen LogP contribution is -2.37. The fraction of sp³-hybridized carbons (Fsp3) is 0.417. The second-order valence-electron chi connectivity index (χ2n) is 4.05. The molecule has 0 spiro atoms. The van der Waals surface area contributed by atoms with Gasteiger partial charge in [0.1, 0.15) is 6.04 Å². The van der Waals surface area contributed by atoms with E-state index >= 15 is 0 Å². The van der Waals surface area contributed by atoms with E-state index in [0.717, 1.165) is 11.3 Å². The van der Waals surface area contributed by atoms with Crippen molar-refractivity contribution in [3.63, 3.8) is 0 Å². The Bertz CT molecular complexity index is 391. The summed E-state index contributed by atoms with van der Waals surface area (Å²) in [5.74, 6) is -0.210. The van der Waals surface area contributed by atoms with E-state index in [1.165, 1.54) is 0 Å². The van der Waals surface area contributed by atoms with Crippen molar-refractivity contribution in [2.24, 2.45) is 0 Å². The van der Waals surface area contributed by atoms with Crippen molar-refractivity contribution in [2.75, 3.05) is 12.3 Å². The number of ether oxygens (including phenoxy) is 1.